The van der Waals surface area contributed by atoms with Crippen molar-refractivity contribution in [3.8, 4) is 17.0 Å². The van der Waals surface area contributed by atoms with Gasteiger partial charge in [0.2, 0.25) is 0 Å². The number of aromatic nitrogens is 1. The van der Waals surface area contributed by atoms with E-state index in [-0.39, 0.29) is 6.10 Å². The van der Waals surface area contributed by atoms with Crippen LogP contribution in [-0.4, -0.2) is 35.6 Å². The first-order chi connectivity index (χ1) is 16.4. The van der Waals surface area contributed by atoms with E-state index in [1.807, 2.05) is 17.5 Å². The number of likely N-dealkylation sites (tertiary alicyclic amines) is 1. The third-order valence-corrected chi connectivity index (χ3v) is 7.92. The Hall–Kier alpha value is -1.83. The Kier molecular flexibility index (Phi) is 8.72. The van der Waals surface area contributed by atoms with Crippen LogP contribution in [0, 0.1) is 12.8 Å². The van der Waals surface area contributed by atoms with Crippen LogP contribution < -0.4 is 16.2 Å². The molecule has 3 aromatic rings. The first-order valence-electron chi connectivity index (χ1n) is 11.8. The summed E-state index contributed by atoms with van der Waals surface area (Å²) in [6.45, 7) is 5.74. The van der Waals surface area contributed by atoms with Crippen LogP contribution in [0.2, 0.25) is 10.0 Å². The Balaban J connectivity index is 1.39. The fourth-order valence-electron chi connectivity index (χ4n) is 4.61. The van der Waals surface area contributed by atoms with E-state index in [1.54, 1.807) is 0 Å². The van der Waals surface area contributed by atoms with Crippen molar-refractivity contribution in [1.82, 2.24) is 9.88 Å². The minimum Gasteiger partial charge on any atom is -0.490 e. The van der Waals surface area contributed by atoms with Gasteiger partial charge in [0.05, 0.1) is 15.7 Å². The molecular weight excluding hydrogens is 487 g/mol. The lowest BCUT2D eigenvalue weighted by molar-refractivity contribution is 0.0674. The lowest BCUT2D eigenvalue weighted by Gasteiger charge is -2.36. The van der Waals surface area contributed by atoms with Crippen LogP contribution in [0.1, 0.15) is 36.8 Å². The van der Waals surface area contributed by atoms with E-state index in [9.17, 15) is 0 Å². The molecule has 182 valence electrons. The molecule has 2 aromatic carbocycles. The third kappa shape index (κ3) is 6.43. The Bertz CT molecular complexity index is 1100. The van der Waals surface area contributed by atoms with E-state index in [1.165, 1.54) is 16.9 Å². The van der Waals surface area contributed by atoms with E-state index in [0.29, 0.717) is 27.6 Å². The predicted molar refractivity (Wildman–Crippen MR) is 144 cm³/mol. The molecule has 0 amide bonds. The molecule has 1 fully saturated rings. The summed E-state index contributed by atoms with van der Waals surface area (Å²) in [5.74, 6) is 1.45. The van der Waals surface area contributed by atoms with Crippen LogP contribution in [0.3, 0.4) is 0 Å². The Labute approximate surface area is 216 Å². The number of thiazole rings is 1. The minimum atomic E-state index is 0.162. The van der Waals surface area contributed by atoms with Gasteiger partial charge in [-0.2, -0.15) is 0 Å². The lowest BCUT2D eigenvalue weighted by Crippen LogP contribution is -2.39. The normalized spacial score (nSPS) is 16.0. The van der Waals surface area contributed by atoms with Crippen molar-refractivity contribution in [3.05, 3.63) is 63.0 Å². The van der Waals surface area contributed by atoms with Gasteiger partial charge in [0.1, 0.15) is 11.9 Å². The highest BCUT2D eigenvalue weighted by Gasteiger charge is 2.28. The van der Waals surface area contributed by atoms with Gasteiger partial charge in [-0.25, -0.2) is 4.98 Å². The predicted octanol–water partition coefficient (Wildman–Crippen LogP) is 6.41. The average molecular weight is 520 g/mol. The van der Waals surface area contributed by atoms with Crippen LogP contribution in [0.15, 0.2) is 41.8 Å². The van der Waals surface area contributed by atoms with Gasteiger partial charge in [0.15, 0.2) is 5.13 Å². The van der Waals surface area contributed by atoms with Gasteiger partial charge < -0.3 is 16.2 Å². The van der Waals surface area contributed by atoms with Gasteiger partial charge in [-0.05, 0) is 99.6 Å². The molecule has 0 spiro atoms. The molecule has 0 bridgehead atoms. The molecule has 34 heavy (non-hydrogen) atoms. The van der Waals surface area contributed by atoms with E-state index in [2.05, 4.69) is 41.1 Å². The SMILES string of the molecule is Cc1cc(-c2csc(N)n2)ccc1OC(CCCN)C1CCN(Cc2ccc(Cl)c(Cl)c2)CC1. The number of nitrogens with two attached hydrogens (primary N) is 2. The number of nitrogens with zero attached hydrogens (tertiary/aromatic N) is 2. The fraction of sp³-hybridized carbons (Fsp3) is 0.423. The molecular formula is C26H32Cl2N4OS. The number of aryl methyl sites for hydroxylation is 1. The van der Waals surface area contributed by atoms with Crippen LogP contribution in [-0.2, 0) is 6.54 Å². The zero-order valence-electron chi connectivity index (χ0n) is 19.5. The number of ether oxygens (including phenoxy) is 1. The van der Waals surface area contributed by atoms with Crippen molar-refractivity contribution in [2.24, 2.45) is 11.7 Å². The molecule has 1 aromatic heterocycles. The standard InChI is InChI=1S/C26H32Cl2N4OS/c1-17-13-20(23-16-34-26(30)31-23)5-7-24(17)33-25(3-2-10-29)19-8-11-32(12-9-19)15-18-4-6-21(27)22(28)14-18/h4-7,13-14,16,19,25H,2-3,8-12,15,29H2,1H3,(H2,30,31). The summed E-state index contributed by atoms with van der Waals surface area (Å²) in [7, 11) is 0. The Morgan fingerprint density at radius 2 is 1.94 bits per heavy atom. The summed E-state index contributed by atoms with van der Waals surface area (Å²) in [5.41, 5.74) is 15.9. The summed E-state index contributed by atoms with van der Waals surface area (Å²) < 4.78 is 6.62. The number of rotatable bonds is 9. The van der Waals surface area contributed by atoms with Crippen molar-refractivity contribution in [2.45, 2.75) is 45.3 Å². The lowest BCUT2D eigenvalue weighted by atomic mass is 9.88. The molecule has 1 unspecified atom stereocenters. The van der Waals surface area contributed by atoms with Crippen molar-refractivity contribution < 1.29 is 4.74 Å². The maximum atomic E-state index is 6.62. The van der Waals surface area contributed by atoms with Gasteiger partial charge in [-0.1, -0.05) is 29.3 Å². The number of hydrogen-bond acceptors (Lipinski definition) is 6. The second-order valence-electron chi connectivity index (χ2n) is 9.00. The zero-order valence-corrected chi connectivity index (χ0v) is 21.8. The first kappa shape index (κ1) is 25.3. The minimum absolute atomic E-state index is 0.162. The number of piperidine rings is 1. The Morgan fingerprint density at radius 3 is 2.59 bits per heavy atom. The maximum Gasteiger partial charge on any atom is 0.180 e. The van der Waals surface area contributed by atoms with E-state index >= 15 is 0 Å². The Morgan fingerprint density at radius 1 is 1.15 bits per heavy atom. The molecule has 2 heterocycles. The quantitative estimate of drug-likeness (QED) is 0.342. The monoisotopic (exact) mass is 518 g/mol. The summed E-state index contributed by atoms with van der Waals surface area (Å²) >= 11 is 13.7. The highest BCUT2D eigenvalue weighted by molar-refractivity contribution is 7.13. The topological polar surface area (TPSA) is 77.4 Å². The highest BCUT2D eigenvalue weighted by atomic mass is 35.5. The van der Waals surface area contributed by atoms with Gasteiger partial charge in [-0.15, -0.1) is 11.3 Å². The van der Waals surface area contributed by atoms with Gasteiger partial charge in [0, 0.05) is 17.5 Å². The van der Waals surface area contributed by atoms with Crippen molar-refractivity contribution in [2.75, 3.05) is 25.4 Å². The molecule has 1 atom stereocenters. The van der Waals surface area contributed by atoms with Crippen molar-refractivity contribution >= 4 is 39.7 Å². The molecule has 8 heteroatoms. The van der Waals surface area contributed by atoms with Crippen LogP contribution in [0.25, 0.3) is 11.3 Å². The number of hydrogen-bond donors (Lipinski definition) is 2. The number of halogens is 2. The zero-order chi connectivity index (χ0) is 24.1. The van der Waals surface area contributed by atoms with E-state index in [0.717, 1.165) is 67.9 Å². The number of benzene rings is 2. The summed E-state index contributed by atoms with van der Waals surface area (Å²) in [5, 5.41) is 3.79. The molecule has 0 aliphatic carbocycles. The van der Waals surface area contributed by atoms with Crippen LogP contribution in [0.4, 0.5) is 5.13 Å². The van der Waals surface area contributed by atoms with E-state index in [4.69, 9.17) is 39.4 Å². The van der Waals surface area contributed by atoms with Crippen LogP contribution >= 0.6 is 34.5 Å². The molecule has 1 saturated heterocycles. The highest BCUT2D eigenvalue weighted by Crippen LogP contribution is 2.32. The summed E-state index contributed by atoms with van der Waals surface area (Å²) in [6.07, 6.45) is 4.30. The smallest absolute Gasteiger partial charge is 0.180 e. The van der Waals surface area contributed by atoms with E-state index < -0.39 is 0 Å². The van der Waals surface area contributed by atoms with Gasteiger partial charge >= 0.3 is 0 Å². The maximum absolute atomic E-state index is 6.62. The summed E-state index contributed by atoms with van der Waals surface area (Å²) in [4.78, 5) is 6.88. The molecule has 1 aliphatic rings. The molecule has 0 radical (unpaired) electrons. The number of anilines is 1. The van der Waals surface area contributed by atoms with Crippen LogP contribution in [0.5, 0.6) is 5.75 Å². The van der Waals surface area contributed by atoms with Gasteiger partial charge in [0.25, 0.3) is 0 Å². The second kappa shape index (κ2) is 11.7. The molecule has 1 aliphatic heterocycles. The van der Waals surface area contributed by atoms with Crippen molar-refractivity contribution in [1.29, 1.82) is 0 Å². The fourth-order valence-corrected chi connectivity index (χ4v) is 5.51. The average Bonchev–Trinajstić information content (AvgIpc) is 3.27. The third-order valence-electron chi connectivity index (χ3n) is 6.51. The van der Waals surface area contributed by atoms with Crippen molar-refractivity contribution in [3.63, 3.8) is 0 Å². The number of nitrogen functional groups attached to an aromatic ring is 1. The second-order valence-corrected chi connectivity index (χ2v) is 10.7. The largest absolute Gasteiger partial charge is 0.490 e. The molecule has 0 saturated carbocycles. The van der Waals surface area contributed by atoms with Gasteiger partial charge in [-0.3, -0.25) is 4.90 Å². The molecule has 5 nitrogen and oxygen atoms in total. The first-order valence-corrected chi connectivity index (χ1v) is 13.4. The summed E-state index contributed by atoms with van der Waals surface area (Å²) in [6, 6.07) is 12.2. The molecule has 4 rings (SSSR count). The molecule has 4 N–H and O–H groups in total.